The van der Waals surface area contributed by atoms with Gasteiger partial charge >= 0.3 is 0 Å². The highest BCUT2D eigenvalue weighted by atomic mass is 32.1. The van der Waals surface area contributed by atoms with E-state index in [0.717, 1.165) is 32.8 Å². The van der Waals surface area contributed by atoms with Gasteiger partial charge in [-0.25, -0.2) is 9.97 Å². The Morgan fingerprint density at radius 1 is 1.18 bits per heavy atom. The number of hydrogen-bond donors (Lipinski definition) is 1. The van der Waals surface area contributed by atoms with E-state index < -0.39 is 0 Å². The summed E-state index contributed by atoms with van der Waals surface area (Å²) in [4.78, 5) is 23.4. The summed E-state index contributed by atoms with van der Waals surface area (Å²) in [5.74, 6) is 1.75. The van der Waals surface area contributed by atoms with Crippen LogP contribution in [0.2, 0.25) is 0 Å². The number of benzene rings is 1. The molecule has 0 aliphatic carbocycles. The lowest BCUT2D eigenvalue weighted by Gasteiger charge is -2.09. The zero-order valence-corrected chi connectivity index (χ0v) is 16.6. The SMILES string of the molecule is COc1ccccc1CNC(=O)c1sc2nc(-c3ccco3)nc(C)c2c1C. The quantitative estimate of drug-likeness (QED) is 0.540. The molecule has 0 atom stereocenters. The van der Waals surface area contributed by atoms with Crippen molar-refractivity contribution < 1.29 is 13.9 Å². The van der Waals surface area contributed by atoms with Crippen molar-refractivity contribution in [2.75, 3.05) is 7.11 Å². The Morgan fingerprint density at radius 3 is 2.75 bits per heavy atom. The van der Waals surface area contributed by atoms with Gasteiger partial charge in [0.1, 0.15) is 10.6 Å². The predicted octanol–water partition coefficient (Wildman–Crippen LogP) is 4.51. The summed E-state index contributed by atoms with van der Waals surface area (Å²) in [6, 6.07) is 11.3. The highest BCUT2D eigenvalue weighted by Gasteiger charge is 2.20. The number of carbonyl (C=O) groups excluding carboxylic acids is 1. The van der Waals surface area contributed by atoms with Crippen molar-refractivity contribution in [3.8, 4) is 17.3 Å². The number of para-hydroxylation sites is 1. The van der Waals surface area contributed by atoms with Crippen LogP contribution in [-0.2, 0) is 6.54 Å². The molecule has 142 valence electrons. The summed E-state index contributed by atoms with van der Waals surface area (Å²) in [5.41, 5.74) is 2.64. The molecule has 0 aliphatic rings. The van der Waals surface area contributed by atoms with Gasteiger partial charge in [-0.3, -0.25) is 4.79 Å². The maximum absolute atomic E-state index is 12.8. The fourth-order valence-corrected chi connectivity index (χ4v) is 4.32. The van der Waals surface area contributed by atoms with Crippen LogP contribution in [0, 0.1) is 13.8 Å². The van der Waals surface area contributed by atoms with Crippen LogP contribution in [0.4, 0.5) is 0 Å². The van der Waals surface area contributed by atoms with Gasteiger partial charge in [0.25, 0.3) is 5.91 Å². The minimum Gasteiger partial charge on any atom is -0.496 e. The first-order chi connectivity index (χ1) is 13.6. The fourth-order valence-electron chi connectivity index (χ4n) is 3.18. The number of furan rings is 1. The number of thiophene rings is 1. The third-order valence-corrected chi connectivity index (χ3v) is 5.74. The van der Waals surface area contributed by atoms with Gasteiger partial charge in [0.15, 0.2) is 11.6 Å². The number of ether oxygens (including phenoxy) is 1. The third-order valence-electron chi connectivity index (χ3n) is 4.55. The summed E-state index contributed by atoms with van der Waals surface area (Å²) in [6.45, 7) is 4.24. The van der Waals surface area contributed by atoms with Gasteiger partial charge in [-0.1, -0.05) is 18.2 Å². The molecule has 3 aromatic heterocycles. The van der Waals surface area contributed by atoms with Crippen molar-refractivity contribution in [1.29, 1.82) is 0 Å². The minimum atomic E-state index is -0.134. The van der Waals surface area contributed by atoms with Crippen LogP contribution in [0.3, 0.4) is 0 Å². The van der Waals surface area contributed by atoms with Gasteiger partial charge in [-0.05, 0) is 37.6 Å². The number of carbonyl (C=O) groups is 1. The largest absolute Gasteiger partial charge is 0.496 e. The van der Waals surface area contributed by atoms with E-state index in [4.69, 9.17) is 9.15 Å². The van der Waals surface area contributed by atoms with E-state index in [0.29, 0.717) is 23.0 Å². The van der Waals surface area contributed by atoms with Crippen molar-refractivity contribution in [2.24, 2.45) is 0 Å². The van der Waals surface area contributed by atoms with Crippen LogP contribution < -0.4 is 10.1 Å². The first-order valence-electron chi connectivity index (χ1n) is 8.80. The summed E-state index contributed by atoms with van der Waals surface area (Å²) in [7, 11) is 1.62. The molecule has 0 radical (unpaired) electrons. The van der Waals surface area contributed by atoms with Crippen molar-refractivity contribution in [3.05, 3.63) is 64.4 Å². The Balaban J connectivity index is 1.64. The lowest BCUT2D eigenvalue weighted by Crippen LogP contribution is -2.22. The van der Waals surface area contributed by atoms with Crippen molar-refractivity contribution >= 4 is 27.5 Å². The fraction of sp³-hybridized carbons (Fsp3) is 0.190. The lowest BCUT2D eigenvalue weighted by atomic mass is 10.1. The monoisotopic (exact) mass is 393 g/mol. The number of aryl methyl sites for hydroxylation is 2. The second-order valence-corrected chi connectivity index (χ2v) is 7.34. The maximum atomic E-state index is 12.8. The summed E-state index contributed by atoms with van der Waals surface area (Å²) < 4.78 is 10.7. The average molecular weight is 393 g/mol. The Kier molecular flexibility index (Phi) is 4.83. The molecule has 4 rings (SSSR count). The summed E-state index contributed by atoms with van der Waals surface area (Å²) in [6.07, 6.45) is 1.59. The normalized spacial score (nSPS) is 11.0. The van der Waals surface area contributed by atoms with Crippen LogP contribution in [0.15, 0.2) is 47.1 Å². The van der Waals surface area contributed by atoms with Crippen molar-refractivity contribution in [2.45, 2.75) is 20.4 Å². The molecule has 0 unspecified atom stereocenters. The maximum Gasteiger partial charge on any atom is 0.261 e. The number of nitrogens with zero attached hydrogens (tertiary/aromatic N) is 2. The molecule has 6 nitrogen and oxygen atoms in total. The van der Waals surface area contributed by atoms with Gasteiger partial charge in [-0.15, -0.1) is 11.3 Å². The molecule has 0 fully saturated rings. The van der Waals surface area contributed by atoms with E-state index in [2.05, 4.69) is 15.3 Å². The molecule has 1 aromatic carbocycles. The molecule has 1 amide bonds. The molecule has 0 spiro atoms. The minimum absolute atomic E-state index is 0.134. The Bertz CT molecular complexity index is 1150. The second-order valence-electron chi connectivity index (χ2n) is 6.34. The molecule has 1 N–H and O–H groups in total. The Hall–Kier alpha value is -3.19. The Labute approximate surface area is 166 Å². The van der Waals surface area contributed by atoms with Gasteiger partial charge in [0, 0.05) is 17.5 Å². The van der Waals surface area contributed by atoms with E-state index in [1.54, 1.807) is 19.4 Å². The molecular formula is C21H19N3O3S. The first-order valence-corrected chi connectivity index (χ1v) is 9.62. The number of amides is 1. The van der Waals surface area contributed by atoms with Crippen LogP contribution in [0.5, 0.6) is 5.75 Å². The van der Waals surface area contributed by atoms with Crippen LogP contribution in [-0.4, -0.2) is 23.0 Å². The molecule has 28 heavy (non-hydrogen) atoms. The molecule has 0 saturated carbocycles. The van der Waals surface area contributed by atoms with E-state index in [1.165, 1.54) is 11.3 Å². The first kappa shape index (κ1) is 18.2. The number of fused-ring (bicyclic) bond motifs is 1. The highest BCUT2D eigenvalue weighted by Crippen LogP contribution is 2.33. The molecule has 0 aliphatic heterocycles. The number of aromatic nitrogens is 2. The zero-order valence-electron chi connectivity index (χ0n) is 15.8. The van der Waals surface area contributed by atoms with Crippen molar-refractivity contribution in [3.63, 3.8) is 0 Å². The number of rotatable bonds is 5. The standard InChI is InChI=1S/C21H19N3O3S/c1-12-17-13(2)23-19(16-9-6-10-27-16)24-21(17)28-18(12)20(25)22-11-14-7-4-5-8-15(14)26-3/h4-10H,11H2,1-3H3,(H,22,25). The molecular weight excluding hydrogens is 374 g/mol. The number of nitrogens with one attached hydrogen (secondary N) is 1. The smallest absolute Gasteiger partial charge is 0.261 e. The molecule has 4 aromatic rings. The zero-order chi connectivity index (χ0) is 19.7. The molecule has 3 heterocycles. The van der Waals surface area contributed by atoms with E-state index in [-0.39, 0.29) is 5.91 Å². The van der Waals surface area contributed by atoms with E-state index >= 15 is 0 Å². The van der Waals surface area contributed by atoms with Gasteiger partial charge in [0.05, 0.1) is 23.9 Å². The lowest BCUT2D eigenvalue weighted by molar-refractivity contribution is 0.0954. The second kappa shape index (κ2) is 7.44. The summed E-state index contributed by atoms with van der Waals surface area (Å²) >= 11 is 1.37. The topological polar surface area (TPSA) is 77.2 Å². The van der Waals surface area contributed by atoms with Gasteiger partial charge in [-0.2, -0.15) is 0 Å². The van der Waals surface area contributed by atoms with E-state index in [9.17, 15) is 4.79 Å². The molecule has 0 bridgehead atoms. The Morgan fingerprint density at radius 2 is 2.00 bits per heavy atom. The third kappa shape index (κ3) is 3.25. The molecule has 7 heteroatoms. The molecule has 0 saturated heterocycles. The number of hydrogen-bond acceptors (Lipinski definition) is 6. The van der Waals surface area contributed by atoms with Crippen molar-refractivity contribution in [1.82, 2.24) is 15.3 Å². The van der Waals surface area contributed by atoms with Gasteiger partial charge < -0.3 is 14.5 Å². The highest BCUT2D eigenvalue weighted by molar-refractivity contribution is 7.20. The van der Waals surface area contributed by atoms with Crippen LogP contribution >= 0.6 is 11.3 Å². The van der Waals surface area contributed by atoms with Gasteiger partial charge in [0.2, 0.25) is 0 Å². The van der Waals surface area contributed by atoms with Crippen LogP contribution in [0.25, 0.3) is 21.8 Å². The summed E-state index contributed by atoms with van der Waals surface area (Å²) in [5, 5.41) is 3.90. The number of methoxy groups -OCH3 is 1. The van der Waals surface area contributed by atoms with Crippen LogP contribution in [0.1, 0.15) is 26.5 Å². The van der Waals surface area contributed by atoms with E-state index in [1.807, 2.05) is 44.2 Å². The average Bonchev–Trinajstić information content (AvgIpc) is 3.35. The predicted molar refractivity (Wildman–Crippen MR) is 109 cm³/mol.